The molecule has 0 aliphatic carbocycles. The van der Waals surface area contributed by atoms with E-state index in [0.29, 0.717) is 29.4 Å². The molecule has 0 atom stereocenters. The van der Waals surface area contributed by atoms with Crippen molar-refractivity contribution in [3.63, 3.8) is 0 Å². The van der Waals surface area contributed by atoms with E-state index in [1.165, 1.54) is 0 Å². The van der Waals surface area contributed by atoms with E-state index in [0.717, 1.165) is 0 Å². The Morgan fingerprint density at radius 3 is 2.94 bits per heavy atom. The SMILES string of the molecule is Cc1noc(C(C)C)c1C(=O)NCc1ncc[nH]1. The summed E-state index contributed by atoms with van der Waals surface area (Å²) >= 11 is 0. The van der Waals surface area contributed by atoms with Gasteiger partial charge >= 0.3 is 0 Å². The highest BCUT2D eigenvalue weighted by Crippen LogP contribution is 2.21. The fraction of sp³-hybridized carbons (Fsp3) is 0.417. The number of aryl methyl sites for hydroxylation is 1. The van der Waals surface area contributed by atoms with Crippen molar-refractivity contribution in [3.05, 3.63) is 35.2 Å². The first-order chi connectivity index (χ1) is 8.59. The largest absolute Gasteiger partial charge is 0.360 e. The average Bonchev–Trinajstić information content (AvgIpc) is 2.94. The average molecular weight is 248 g/mol. The van der Waals surface area contributed by atoms with Gasteiger partial charge in [-0.3, -0.25) is 4.79 Å². The summed E-state index contributed by atoms with van der Waals surface area (Å²) in [5.74, 6) is 1.26. The molecule has 0 saturated heterocycles. The van der Waals surface area contributed by atoms with Gasteiger partial charge in [0.15, 0.2) is 5.76 Å². The molecule has 6 nitrogen and oxygen atoms in total. The van der Waals surface area contributed by atoms with Crippen LogP contribution in [0.5, 0.6) is 0 Å². The molecule has 0 bridgehead atoms. The molecular formula is C12H16N4O2. The minimum Gasteiger partial charge on any atom is -0.360 e. The topological polar surface area (TPSA) is 83.8 Å². The number of imidazole rings is 1. The Morgan fingerprint density at radius 1 is 1.56 bits per heavy atom. The van der Waals surface area contributed by atoms with Crippen LogP contribution in [-0.4, -0.2) is 21.0 Å². The summed E-state index contributed by atoms with van der Waals surface area (Å²) in [5, 5.41) is 6.64. The molecule has 2 aromatic heterocycles. The van der Waals surface area contributed by atoms with E-state index in [9.17, 15) is 4.79 Å². The fourth-order valence-corrected chi connectivity index (χ4v) is 1.70. The maximum Gasteiger partial charge on any atom is 0.257 e. The normalized spacial score (nSPS) is 10.9. The van der Waals surface area contributed by atoms with E-state index in [4.69, 9.17) is 4.52 Å². The van der Waals surface area contributed by atoms with Crippen LogP contribution in [0.2, 0.25) is 0 Å². The van der Waals surface area contributed by atoms with Crippen molar-refractivity contribution in [3.8, 4) is 0 Å². The van der Waals surface area contributed by atoms with Gasteiger partial charge in [0.1, 0.15) is 11.4 Å². The Balaban J connectivity index is 2.11. The van der Waals surface area contributed by atoms with Crippen molar-refractivity contribution < 1.29 is 9.32 Å². The second kappa shape index (κ2) is 5.03. The van der Waals surface area contributed by atoms with Crippen LogP contribution in [0.3, 0.4) is 0 Å². The first-order valence-electron chi connectivity index (χ1n) is 5.82. The van der Waals surface area contributed by atoms with Crippen molar-refractivity contribution in [1.82, 2.24) is 20.4 Å². The predicted octanol–water partition coefficient (Wildman–Crippen LogP) is 1.76. The molecule has 1 amide bonds. The standard InChI is InChI=1S/C12H16N4O2/c1-7(2)11-10(8(3)16-18-11)12(17)15-6-9-13-4-5-14-9/h4-5,7H,6H2,1-3H3,(H,13,14)(H,15,17). The quantitative estimate of drug-likeness (QED) is 0.863. The number of rotatable bonds is 4. The van der Waals surface area contributed by atoms with Gasteiger partial charge in [-0.2, -0.15) is 0 Å². The van der Waals surface area contributed by atoms with Crippen molar-refractivity contribution in [2.45, 2.75) is 33.2 Å². The molecule has 2 aromatic rings. The Labute approximate surface area is 105 Å². The van der Waals surface area contributed by atoms with Crippen molar-refractivity contribution in [2.24, 2.45) is 0 Å². The molecular weight excluding hydrogens is 232 g/mol. The van der Waals surface area contributed by atoms with Gasteiger partial charge in [0.2, 0.25) is 0 Å². The first kappa shape index (κ1) is 12.3. The van der Waals surface area contributed by atoms with E-state index >= 15 is 0 Å². The highest BCUT2D eigenvalue weighted by atomic mass is 16.5. The minimum absolute atomic E-state index is 0.121. The van der Waals surface area contributed by atoms with Crippen LogP contribution in [-0.2, 0) is 6.54 Å². The third-order valence-electron chi connectivity index (χ3n) is 2.61. The van der Waals surface area contributed by atoms with E-state index in [-0.39, 0.29) is 11.8 Å². The monoisotopic (exact) mass is 248 g/mol. The molecule has 0 aliphatic rings. The maximum atomic E-state index is 12.1. The summed E-state index contributed by atoms with van der Waals surface area (Å²) < 4.78 is 5.18. The molecule has 0 aromatic carbocycles. The summed E-state index contributed by atoms with van der Waals surface area (Å²) in [6.45, 7) is 6.04. The van der Waals surface area contributed by atoms with Gasteiger partial charge in [0.25, 0.3) is 5.91 Å². The van der Waals surface area contributed by atoms with Gasteiger partial charge < -0.3 is 14.8 Å². The zero-order valence-corrected chi connectivity index (χ0v) is 10.7. The molecule has 2 N–H and O–H groups in total. The Kier molecular flexibility index (Phi) is 3.45. The summed E-state index contributed by atoms with van der Waals surface area (Å²) in [5.41, 5.74) is 1.13. The van der Waals surface area contributed by atoms with Gasteiger partial charge in [-0.05, 0) is 6.92 Å². The number of carbonyl (C=O) groups is 1. The van der Waals surface area contributed by atoms with Crippen LogP contribution >= 0.6 is 0 Å². The lowest BCUT2D eigenvalue weighted by Gasteiger charge is -2.05. The molecule has 0 radical (unpaired) electrons. The van der Waals surface area contributed by atoms with Crippen LogP contribution < -0.4 is 5.32 Å². The molecule has 0 aliphatic heterocycles. The molecule has 2 heterocycles. The molecule has 0 fully saturated rings. The second-order valence-corrected chi connectivity index (χ2v) is 4.38. The van der Waals surface area contributed by atoms with Crippen molar-refractivity contribution >= 4 is 5.91 Å². The fourth-order valence-electron chi connectivity index (χ4n) is 1.70. The van der Waals surface area contributed by atoms with Gasteiger partial charge in [-0.1, -0.05) is 19.0 Å². The number of hydrogen-bond acceptors (Lipinski definition) is 4. The number of nitrogens with zero attached hydrogens (tertiary/aromatic N) is 2. The minimum atomic E-state index is -0.186. The van der Waals surface area contributed by atoms with E-state index in [2.05, 4.69) is 20.4 Å². The Bertz CT molecular complexity index is 528. The van der Waals surface area contributed by atoms with Crippen molar-refractivity contribution in [1.29, 1.82) is 0 Å². The highest BCUT2D eigenvalue weighted by Gasteiger charge is 2.22. The molecule has 18 heavy (non-hydrogen) atoms. The lowest BCUT2D eigenvalue weighted by molar-refractivity contribution is 0.0947. The summed E-state index contributed by atoms with van der Waals surface area (Å²) in [7, 11) is 0. The van der Waals surface area contributed by atoms with Crippen LogP contribution in [0.4, 0.5) is 0 Å². The highest BCUT2D eigenvalue weighted by molar-refractivity contribution is 5.96. The lowest BCUT2D eigenvalue weighted by Crippen LogP contribution is -2.24. The summed E-state index contributed by atoms with van der Waals surface area (Å²) in [4.78, 5) is 19.1. The number of carbonyl (C=O) groups excluding carboxylic acids is 1. The van der Waals surface area contributed by atoms with Crippen LogP contribution in [0.15, 0.2) is 16.9 Å². The van der Waals surface area contributed by atoms with E-state index < -0.39 is 0 Å². The van der Waals surface area contributed by atoms with Crippen molar-refractivity contribution in [2.75, 3.05) is 0 Å². The summed E-state index contributed by atoms with van der Waals surface area (Å²) in [6.07, 6.45) is 3.36. The van der Waals surface area contributed by atoms with Crippen LogP contribution in [0, 0.1) is 6.92 Å². The lowest BCUT2D eigenvalue weighted by atomic mass is 10.0. The maximum absolute atomic E-state index is 12.1. The number of amides is 1. The molecule has 0 unspecified atom stereocenters. The van der Waals surface area contributed by atoms with Crippen LogP contribution in [0.25, 0.3) is 0 Å². The first-order valence-corrected chi connectivity index (χ1v) is 5.82. The van der Waals surface area contributed by atoms with E-state index in [1.807, 2.05) is 13.8 Å². The number of aromatic nitrogens is 3. The number of hydrogen-bond donors (Lipinski definition) is 2. The smallest absolute Gasteiger partial charge is 0.257 e. The Morgan fingerprint density at radius 2 is 2.33 bits per heavy atom. The van der Waals surface area contributed by atoms with Gasteiger partial charge in [0, 0.05) is 18.3 Å². The predicted molar refractivity (Wildman–Crippen MR) is 65.1 cm³/mol. The molecule has 0 spiro atoms. The molecule has 96 valence electrons. The number of nitrogens with one attached hydrogen (secondary N) is 2. The molecule has 0 saturated carbocycles. The number of H-pyrrole nitrogens is 1. The molecule has 6 heteroatoms. The van der Waals surface area contributed by atoms with Gasteiger partial charge in [-0.25, -0.2) is 4.98 Å². The zero-order chi connectivity index (χ0) is 13.1. The molecule has 2 rings (SSSR count). The van der Waals surface area contributed by atoms with E-state index in [1.54, 1.807) is 19.3 Å². The number of aromatic amines is 1. The van der Waals surface area contributed by atoms with Crippen LogP contribution in [0.1, 0.15) is 47.4 Å². The third kappa shape index (κ3) is 2.42. The van der Waals surface area contributed by atoms with Gasteiger partial charge in [-0.15, -0.1) is 0 Å². The second-order valence-electron chi connectivity index (χ2n) is 4.38. The zero-order valence-electron chi connectivity index (χ0n) is 10.7. The summed E-state index contributed by atoms with van der Waals surface area (Å²) in [6, 6.07) is 0. The Hall–Kier alpha value is -2.11. The van der Waals surface area contributed by atoms with Gasteiger partial charge in [0.05, 0.1) is 12.2 Å². The third-order valence-corrected chi connectivity index (χ3v) is 2.61.